The zero-order valence-corrected chi connectivity index (χ0v) is 7.86. The molecule has 0 rings (SSSR count). The SMILES string of the molecule is Cl.Cl.Cl.Cl.Cl.[Al+3]. The van der Waals surface area contributed by atoms with E-state index in [-0.39, 0.29) is 79.4 Å². The molecule has 0 saturated heterocycles. The predicted octanol–water partition coefficient (Wildman–Crippen LogP) is 1.73. The van der Waals surface area contributed by atoms with Crippen molar-refractivity contribution < 1.29 is 0 Å². The number of halogens is 5. The molecule has 0 aromatic heterocycles. The van der Waals surface area contributed by atoms with Crippen molar-refractivity contribution in [1.29, 1.82) is 0 Å². The molecule has 0 N–H and O–H groups in total. The van der Waals surface area contributed by atoms with Crippen molar-refractivity contribution >= 4 is 79.4 Å². The molecular formula is H5AlCl5+3. The van der Waals surface area contributed by atoms with Gasteiger partial charge in [0.1, 0.15) is 0 Å². The Morgan fingerprint density at radius 2 is 0.333 bits per heavy atom. The average molecular weight is 209 g/mol. The Morgan fingerprint density at radius 1 is 0.333 bits per heavy atom. The Kier molecular flexibility index (Phi) is 1050. The van der Waals surface area contributed by atoms with Crippen LogP contribution >= 0.6 is 62.0 Å². The Balaban J connectivity index is 0. The molecule has 0 aliphatic rings. The first-order chi connectivity index (χ1) is 0. The van der Waals surface area contributed by atoms with Gasteiger partial charge in [-0.15, -0.1) is 62.0 Å². The molecule has 40 valence electrons. The van der Waals surface area contributed by atoms with E-state index in [1.807, 2.05) is 0 Å². The van der Waals surface area contributed by atoms with E-state index in [1.165, 1.54) is 0 Å². The van der Waals surface area contributed by atoms with Crippen LogP contribution < -0.4 is 0 Å². The van der Waals surface area contributed by atoms with Crippen LogP contribution in [0.4, 0.5) is 0 Å². The Hall–Kier alpha value is 1.98. The van der Waals surface area contributed by atoms with Crippen LogP contribution in [-0.4, -0.2) is 17.4 Å². The molecule has 0 nitrogen and oxygen atoms in total. The maximum absolute atomic E-state index is 0. The van der Waals surface area contributed by atoms with Gasteiger partial charge in [0.2, 0.25) is 0 Å². The van der Waals surface area contributed by atoms with Crippen molar-refractivity contribution in [2.24, 2.45) is 0 Å². The summed E-state index contributed by atoms with van der Waals surface area (Å²) in [4.78, 5) is 0. The van der Waals surface area contributed by atoms with E-state index in [0.717, 1.165) is 0 Å². The fourth-order valence-electron chi connectivity index (χ4n) is 0. The minimum atomic E-state index is 0. The van der Waals surface area contributed by atoms with E-state index >= 15 is 0 Å². The minimum Gasteiger partial charge on any atom is -0.147 e. The Bertz CT molecular complexity index is 3.90. The topological polar surface area (TPSA) is 0 Å². The normalized spacial score (nSPS) is 0. The van der Waals surface area contributed by atoms with Gasteiger partial charge in [0.25, 0.3) is 0 Å². The van der Waals surface area contributed by atoms with E-state index in [1.54, 1.807) is 0 Å². The average Bonchev–Trinajstić information content (AvgIpc) is 0. The van der Waals surface area contributed by atoms with E-state index < -0.39 is 0 Å². The second kappa shape index (κ2) is 63.6. The minimum absolute atomic E-state index is 0. The molecule has 0 bridgehead atoms. The molecule has 0 amide bonds. The molecule has 0 aliphatic carbocycles. The third-order valence-corrected chi connectivity index (χ3v) is 0. The summed E-state index contributed by atoms with van der Waals surface area (Å²) in [5, 5.41) is 0. The summed E-state index contributed by atoms with van der Waals surface area (Å²) in [5.74, 6) is 0. The van der Waals surface area contributed by atoms with Crippen molar-refractivity contribution in [2.45, 2.75) is 0 Å². The van der Waals surface area contributed by atoms with Crippen LogP contribution in [0.2, 0.25) is 0 Å². The fourth-order valence-corrected chi connectivity index (χ4v) is 0. The van der Waals surface area contributed by atoms with Crippen molar-refractivity contribution in [3.8, 4) is 0 Å². The van der Waals surface area contributed by atoms with Gasteiger partial charge < -0.3 is 0 Å². The van der Waals surface area contributed by atoms with Gasteiger partial charge in [0.15, 0.2) is 0 Å². The van der Waals surface area contributed by atoms with Gasteiger partial charge in [-0.25, -0.2) is 0 Å². The summed E-state index contributed by atoms with van der Waals surface area (Å²) in [5.41, 5.74) is 0. The first-order valence-electron chi connectivity index (χ1n) is 0. The standard InChI is InChI=1S/Al.5ClH/h;5*1H/q+3;;;;;. The quantitative estimate of drug-likeness (QED) is 0.533. The van der Waals surface area contributed by atoms with Gasteiger partial charge in [-0.05, 0) is 0 Å². The molecule has 0 unspecified atom stereocenters. The molecule has 0 fully saturated rings. The van der Waals surface area contributed by atoms with Crippen LogP contribution in [0.5, 0.6) is 0 Å². The maximum Gasteiger partial charge on any atom is 3.00 e. The monoisotopic (exact) mass is 207 g/mol. The fraction of sp³-hybridized carbons (Fsp3) is 0. The number of hydrogen-bond acceptors (Lipinski definition) is 0. The first kappa shape index (κ1) is 99.0. The smallest absolute Gasteiger partial charge is 0.147 e. The van der Waals surface area contributed by atoms with Gasteiger partial charge in [-0.3, -0.25) is 0 Å². The molecule has 6 heteroatoms. The third-order valence-electron chi connectivity index (χ3n) is 0. The van der Waals surface area contributed by atoms with Crippen molar-refractivity contribution in [3.05, 3.63) is 0 Å². The molecule has 0 heterocycles. The van der Waals surface area contributed by atoms with Crippen molar-refractivity contribution in [1.82, 2.24) is 0 Å². The summed E-state index contributed by atoms with van der Waals surface area (Å²) >= 11 is 0. The molecule has 0 atom stereocenters. The summed E-state index contributed by atoms with van der Waals surface area (Å²) in [6, 6.07) is 0. The van der Waals surface area contributed by atoms with Crippen LogP contribution in [0, 0.1) is 0 Å². The second-order valence-corrected chi connectivity index (χ2v) is 0. The zero-order valence-electron chi connectivity index (χ0n) is 2.62. The van der Waals surface area contributed by atoms with Crippen molar-refractivity contribution in [2.75, 3.05) is 0 Å². The summed E-state index contributed by atoms with van der Waals surface area (Å²) < 4.78 is 0. The Morgan fingerprint density at radius 3 is 0.333 bits per heavy atom. The van der Waals surface area contributed by atoms with Gasteiger partial charge in [0.05, 0.1) is 0 Å². The molecule has 0 aliphatic heterocycles. The second-order valence-electron chi connectivity index (χ2n) is 0. The largest absolute Gasteiger partial charge is 3.00 e. The molecule has 0 radical (unpaired) electrons. The zero-order chi connectivity index (χ0) is 0. The van der Waals surface area contributed by atoms with Crippen LogP contribution in [0.3, 0.4) is 0 Å². The van der Waals surface area contributed by atoms with Crippen LogP contribution in [0.1, 0.15) is 0 Å². The van der Waals surface area contributed by atoms with Gasteiger partial charge in [0, 0.05) is 0 Å². The maximum atomic E-state index is 0. The van der Waals surface area contributed by atoms with Crippen LogP contribution in [-0.2, 0) is 0 Å². The summed E-state index contributed by atoms with van der Waals surface area (Å²) in [6.07, 6.45) is 0. The third kappa shape index (κ3) is 37.8. The number of hydrogen-bond donors (Lipinski definition) is 0. The summed E-state index contributed by atoms with van der Waals surface area (Å²) in [6.45, 7) is 0. The predicted molar refractivity (Wildman–Crippen MR) is 42.0 cm³/mol. The van der Waals surface area contributed by atoms with E-state index in [9.17, 15) is 0 Å². The van der Waals surface area contributed by atoms with E-state index in [0.29, 0.717) is 0 Å². The van der Waals surface area contributed by atoms with E-state index in [4.69, 9.17) is 0 Å². The molecule has 0 aromatic carbocycles. The summed E-state index contributed by atoms with van der Waals surface area (Å²) in [7, 11) is 0. The molecule has 6 heavy (non-hydrogen) atoms. The van der Waals surface area contributed by atoms with Gasteiger partial charge in [-0.1, -0.05) is 0 Å². The Labute approximate surface area is 79.0 Å². The van der Waals surface area contributed by atoms with E-state index in [2.05, 4.69) is 0 Å². The molecule has 0 saturated carbocycles. The molecule has 0 aromatic rings. The van der Waals surface area contributed by atoms with Crippen molar-refractivity contribution in [3.63, 3.8) is 0 Å². The van der Waals surface area contributed by atoms with Gasteiger partial charge in [-0.2, -0.15) is 0 Å². The molecule has 0 spiro atoms. The number of rotatable bonds is 0. The molecular weight excluding hydrogens is 204 g/mol. The van der Waals surface area contributed by atoms with Gasteiger partial charge >= 0.3 is 17.4 Å². The van der Waals surface area contributed by atoms with Crippen LogP contribution in [0.25, 0.3) is 0 Å². The first-order valence-corrected chi connectivity index (χ1v) is 0. The van der Waals surface area contributed by atoms with Crippen LogP contribution in [0.15, 0.2) is 0 Å².